The van der Waals surface area contributed by atoms with Crippen LogP contribution in [0.3, 0.4) is 0 Å². The van der Waals surface area contributed by atoms with E-state index in [0.717, 1.165) is 0 Å². The SMILES string of the molecule is C=CCOC(=O)N1CC2(CC(C(=O)O)N(C(=O)OC(C)(C)C)C2)C1. The molecule has 0 saturated carbocycles. The molecule has 2 amide bonds. The molecule has 8 heteroatoms. The van der Waals surface area contributed by atoms with Gasteiger partial charge >= 0.3 is 18.2 Å². The molecule has 2 rings (SSSR count). The number of amides is 2. The topological polar surface area (TPSA) is 96.4 Å². The van der Waals surface area contributed by atoms with Crippen molar-refractivity contribution in [3.63, 3.8) is 0 Å². The number of hydrogen-bond donors (Lipinski definition) is 1. The fourth-order valence-electron chi connectivity index (χ4n) is 3.13. The van der Waals surface area contributed by atoms with Gasteiger partial charge in [0, 0.05) is 25.0 Å². The maximum absolute atomic E-state index is 12.3. The lowest BCUT2D eigenvalue weighted by atomic mass is 9.78. The van der Waals surface area contributed by atoms with Crippen molar-refractivity contribution in [3.8, 4) is 0 Å². The van der Waals surface area contributed by atoms with Crippen LogP contribution in [0, 0.1) is 5.41 Å². The van der Waals surface area contributed by atoms with Crippen LogP contribution in [0.5, 0.6) is 0 Å². The van der Waals surface area contributed by atoms with E-state index in [2.05, 4.69) is 6.58 Å². The van der Waals surface area contributed by atoms with E-state index < -0.39 is 35.2 Å². The zero-order valence-electron chi connectivity index (χ0n) is 14.3. The van der Waals surface area contributed by atoms with Crippen LogP contribution >= 0.6 is 0 Å². The van der Waals surface area contributed by atoms with E-state index in [0.29, 0.717) is 19.5 Å². The Kier molecular flexibility index (Phi) is 4.77. The first-order valence-corrected chi connectivity index (χ1v) is 7.82. The largest absolute Gasteiger partial charge is 0.480 e. The van der Waals surface area contributed by atoms with Gasteiger partial charge in [0.25, 0.3) is 0 Å². The highest BCUT2D eigenvalue weighted by atomic mass is 16.6. The summed E-state index contributed by atoms with van der Waals surface area (Å²) >= 11 is 0. The Morgan fingerprint density at radius 3 is 2.38 bits per heavy atom. The van der Waals surface area contributed by atoms with Crippen molar-refractivity contribution < 1.29 is 29.0 Å². The van der Waals surface area contributed by atoms with Gasteiger partial charge in [-0.1, -0.05) is 12.7 Å². The molecule has 0 aromatic heterocycles. The minimum atomic E-state index is -1.06. The molecule has 24 heavy (non-hydrogen) atoms. The number of likely N-dealkylation sites (tertiary alicyclic amines) is 2. The number of carboxylic acid groups (broad SMARTS) is 1. The highest BCUT2D eigenvalue weighted by molar-refractivity contribution is 5.81. The summed E-state index contributed by atoms with van der Waals surface area (Å²) in [5, 5.41) is 9.41. The van der Waals surface area contributed by atoms with E-state index in [-0.39, 0.29) is 13.2 Å². The summed E-state index contributed by atoms with van der Waals surface area (Å²) in [6, 6.07) is -0.939. The second kappa shape index (κ2) is 6.33. The average molecular weight is 340 g/mol. The molecule has 8 nitrogen and oxygen atoms in total. The third-order valence-corrected chi connectivity index (χ3v) is 4.06. The lowest BCUT2D eigenvalue weighted by molar-refractivity contribution is -0.142. The van der Waals surface area contributed by atoms with Gasteiger partial charge in [-0.2, -0.15) is 0 Å². The highest BCUT2D eigenvalue weighted by Crippen LogP contribution is 2.43. The Hall–Kier alpha value is -2.25. The Morgan fingerprint density at radius 1 is 1.25 bits per heavy atom. The summed E-state index contributed by atoms with van der Waals surface area (Å²) in [5.41, 5.74) is -1.11. The van der Waals surface area contributed by atoms with Crippen LogP contribution in [0.4, 0.5) is 9.59 Å². The van der Waals surface area contributed by atoms with Gasteiger partial charge < -0.3 is 19.5 Å². The number of nitrogens with zero attached hydrogens (tertiary/aromatic N) is 2. The number of carboxylic acids is 1. The van der Waals surface area contributed by atoms with Crippen molar-refractivity contribution in [3.05, 3.63) is 12.7 Å². The van der Waals surface area contributed by atoms with E-state index in [1.807, 2.05) is 0 Å². The number of carbonyl (C=O) groups excluding carboxylic acids is 2. The van der Waals surface area contributed by atoms with Gasteiger partial charge in [0.15, 0.2) is 0 Å². The van der Waals surface area contributed by atoms with Gasteiger partial charge in [0.05, 0.1) is 0 Å². The lowest BCUT2D eigenvalue weighted by Crippen LogP contribution is -2.59. The molecular formula is C16H24N2O6. The molecule has 0 aliphatic carbocycles. The molecule has 0 aromatic rings. The van der Waals surface area contributed by atoms with Crippen LogP contribution in [0.1, 0.15) is 27.2 Å². The maximum atomic E-state index is 12.3. The maximum Gasteiger partial charge on any atom is 0.411 e. The van der Waals surface area contributed by atoms with Crippen molar-refractivity contribution in [1.82, 2.24) is 9.80 Å². The number of rotatable bonds is 3. The van der Waals surface area contributed by atoms with Crippen molar-refractivity contribution in [2.24, 2.45) is 5.41 Å². The minimum Gasteiger partial charge on any atom is -0.480 e. The van der Waals surface area contributed by atoms with Crippen molar-refractivity contribution >= 4 is 18.2 Å². The van der Waals surface area contributed by atoms with Gasteiger partial charge in [-0.05, 0) is 27.2 Å². The number of carbonyl (C=O) groups is 3. The second-order valence-electron chi connectivity index (χ2n) is 7.39. The van der Waals surface area contributed by atoms with E-state index in [1.165, 1.54) is 15.9 Å². The Morgan fingerprint density at radius 2 is 1.88 bits per heavy atom. The van der Waals surface area contributed by atoms with E-state index in [9.17, 15) is 19.5 Å². The second-order valence-corrected chi connectivity index (χ2v) is 7.39. The fourth-order valence-corrected chi connectivity index (χ4v) is 3.13. The summed E-state index contributed by atoms with van der Waals surface area (Å²) in [6.07, 6.45) is 0.683. The highest BCUT2D eigenvalue weighted by Gasteiger charge is 2.56. The first kappa shape index (κ1) is 18.1. The molecule has 0 bridgehead atoms. The molecule has 2 fully saturated rings. The number of hydrogen-bond acceptors (Lipinski definition) is 5. The monoisotopic (exact) mass is 340 g/mol. The van der Waals surface area contributed by atoms with E-state index >= 15 is 0 Å². The summed E-state index contributed by atoms with van der Waals surface area (Å²) in [5.74, 6) is -1.06. The predicted molar refractivity (Wildman–Crippen MR) is 84.5 cm³/mol. The van der Waals surface area contributed by atoms with Gasteiger partial charge in [0.1, 0.15) is 18.2 Å². The third-order valence-electron chi connectivity index (χ3n) is 4.06. The van der Waals surface area contributed by atoms with Crippen LogP contribution in [0.25, 0.3) is 0 Å². The molecule has 1 unspecified atom stereocenters. The van der Waals surface area contributed by atoms with Gasteiger partial charge in [-0.15, -0.1) is 0 Å². The van der Waals surface area contributed by atoms with Crippen molar-refractivity contribution in [2.75, 3.05) is 26.2 Å². The summed E-state index contributed by atoms with van der Waals surface area (Å²) < 4.78 is 10.3. The normalized spacial score (nSPS) is 22.0. The van der Waals surface area contributed by atoms with Crippen molar-refractivity contribution in [1.29, 1.82) is 0 Å². The number of aliphatic carboxylic acids is 1. The Labute approximate surface area is 141 Å². The summed E-state index contributed by atoms with van der Waals surface area (Å²) in [4.78, 5) is 38.3. The van der Waals surface area contributed by atoms with Gasteiger partial charge in [0.2, 0.25) is 0 Å². The lowest BCUT2D eigenvalue weighted by Gasteiger charge is -2.46. The quantitative estimate of drug-likeness (QED) is 0.786. The smallest absolute Gasteiger partial charge is 0.411 e. The van der Waals surface area contributed by atoms with Crippen LogP contribution in [-0.4, -0.2) is 70.9 Å². The van der Waals surface area contributed by atoms with Gasteiger partial charge in [-0.3, -0.25) is 4.90 Å². The molecule has 1 spiro atoms. The van der Waals surface area contributed by atoms with E-state index in [1.54, 1.807) is 20.8 Å². The predicted octanol–water partition coefficient (Wildman–Crippen LogP) is 1.70. The average Bonchev–Trinajstić information content (AvgIpc) is 2.82. The molecular weight excluding hydrogens is 316 g/mol. The molecule has 2 aliphatic heterocycles. The van der Waals surface area contributed by atoms with Crippen molar-refractivity contribution in [2.45, 2.75) is 38.8 Å². The molecule has 134 valence electrons. The molecule has 2 saturated heterocycles. The molecule has 1 N–H and O–H groups in total. The molecule has 2 aliphatic rings. The molecule has 1 atom stereocenters. The molecule has 0 aromatic carbocycles. The fraction of sp³-hybridized carbons (Fsp3) is 0.688. The van der Waals surface area contributed by atoms with Crippen LogP contribution in [-0.2, 0) is 14.3 Å². The van der Waals surface area contributed by atoms with Crippen LogP contribution in [0.15, 0.2) is 12.7 Å². The molecule has 2 heterocycles. The Bertz CT molecular complexity index is 547. The Balaban J connectivity index is 2.01. The zero-order valence-corrected chi connectivity index (χ0v) is 14.3. The number of ether oxygens (including phenoxy) is 2. The summed E-state index contributed by atoms with van der Waals surface area (Å²) in [7, 11) is 0. The van der Waals surface area contributed by atoms with Crippen LogP contribution < -0.4 is 0 Å². The van der Waals surface area contributed by atoms with Gasteiger partial charge in [-0.25, -0.2) is 14.4 Å². The standard InChI is InChI=1S/C16H24N2O6/c1-5-6-23-13(21)17-8-16(9-17)7-11(12(19)20)18(10-16)14(22)24-15(2,3)4/h5,11H,1,6-10H2,2-4H3,(H,19,20). The summed E-state index contributed by atoms with van der Waals surface area (Å²) in [6.45, 7) is 9.78. The molecule has 0 radical (unpaired) electrons. The zero-order chi connectivity index (χ0) is 18.1. The first-order valence-electron chi connectivity index (χ1n) is 7.82. The minimum absolute atomic E-state index is 0.129. The third kappa shape index (κ3) is 3.80. The van der Waals surface area contributed by atoms with Crippen LogP contribution in [0.2, 0.25) is 0 Å². The first-order chi connectivity index (χ1) is 11.1. The van der Waals surface area contributed by atoms with E-state index in [4.69, 9.17) is 9.47 Å².